The fraction of sp³-hybridized carbons (Fsp3) is 0.429. The lowest BCUT2D eigenvalue weighted by Crippen LogP contribution is -2.37. The average molecular weight is 292 g/mol. The molecular formula is C14H20N4OS. The van der Waals surface area contributed by atoms with Crippen LogP contribution >= 0.6 is 12.2 Å². The van der Waals surface area contributed by atoms with E-state index in [0.29, 0.717) is 0 Å². The fourth-order valence-electron chi connectivity index (χ4n) is 2.11. The van der Waals surface area contributed by atoms with E-state index in [-0.39, 0.29) is 5.11 Å². The Morgan fingerprint density at radius 3 is 2.65 bits per heavy atom. The van der Waals surface area contributed by atoms with Gasteiger partial charge in [0.1, 0.15) is 0 Å². The molecule has 0 unspecified atom stereocenters. The van der Waals surface area contributed by atoms with Gasteiger partial charge in [-0.2, -0.15) is 5.10 Å². The summed E-state index contributed by atoms with van der Waals surface area (Å²) in [5.74, 6) is 0. The van der Waals surface area contributed by atoms with Gasteiger partial charge in [-0.15, -0.1) is 0 Å². The molecule has 2 rings (SSSR count). The number of benzene rings is 1. The lowest BCUT2D eigenvalue weighted by molar-refractivity contribution is 0.0392. The number of thiocarbonyl (C=S) groups is 1. The lowest BCUT2D eigenvalue weighted by atomic mass is 10.1. The molecule has 5 nitrogen and oxygen atoms in total. The topological polar surface area (TPSA) is 62.9 Å². The van der Waals surface area contributed by atoms with Crippen LogP contribution in [0, 0.1) is 0 Å². The zero-order valence-corrected chi connectivity index (χ0v) is 12.2. The van der Waals surface area contributed by atoms with Gasteiger partial charge in [-0.1, -0.05) is 30.3 Å². The van der Waals surface area contributed by atoms with Gasteiger partial charge in [0.2, 0.25) is 0 Å². The second-order valence-corrected chi connectivity index (χ2v) is 5.04. The Labute approximate surface area is 124 Å². The first kappa shape index (κ1) is 14.9. The van der Waals surface area contributed by atoms with Gasteiger partial charge in [-0.25, -0.2) is 0 Å². The fourth-order valence-corrected chi connectivity index (χ4v) is 2.15. The van der Waals surface area contributed by atoms with Crippen molar-refractivity contribution in [3.8, 4) is 0 Å². The number of nitrogens with zero attached hydrogens (tertiary/aromatic N) is 2. The molecule has 3 N–H and O–H groups in total. The van der Waals surface area contributed by atoms with E-state index in [0.717, 1.165) is 50.5 Å². The van der Waals surface area contributed by atoms with Gasteiger partial charge in [0.15, 0.2) is 5.11 Å². The quantitative estimate of drug-likeness (QED) is 0.480. The van der Waals surface area contributed by atoms with E-state index in [9.17, 15) is 0 Å². The number of hydrogen-bond acceptors (Lipinski definition) is 4. The highest BCUT2D eigenvalue weighted by Gasteiger charge is 2.12. The number of rotatable bonds is 5. The van der Waals surface area contributed by atoms with Crippen molar-refractivity contribution in [1.82, 2.24) is 10.3 Å². The zero-order valence-electron chi connectivity index (χ0n) is 11.4. The molecule has 0 amide bonds. The van der Waals surface area contributed by atoms with E-state index in [4.69, 9.17) is 22.7 Å². The first-order valence-corrected chi connectivity index (χ1v) is 7.14. The van der Waals surface area contributed by atoms with Crippen molar-refractivity contribution in [2.45, 2.75) is 6.42 Å². The molecule has 1 aromatic carbocycles. The molecule has 0 radical (unpaired) electrons. The van der Waals surface area contributed by atoms with Gasteiger partial charge >= 0.3 is 0 Å². The average Bonchev–Trinajstić information content (AvgIpc) is 2.49. The summed E-state index contributed by atoms with van der Waals surface area (Å²) in [6.07, 6.45) is 0.847. The molecule has 0 spiro atoms. The summed E-state index contributed by atoms with van der Waals surface area (Å²) in [6.45, 7) is 4.53. The van der Waals surface area contributed by atoms with E-state index in [1.54, 1.807) is 0 Å². The van der Waals surface area contributed by atoms with E-state index < -0.39 is 0 Å². The Kier molecular flexibility index (Phi) is 5.91. The molecule has 20 heavy (non-hydrogen) atoms. The van der Waals surface area contributed by atoms with Crippen LogP contribution in [-0.4, -0.2) is 48.6 Å². The molecule has 1 fully saturated rings. The number of hydrogen-bond donors (Lipinski definition) is 2. The number of hydrazone groups is 1. The third-order valence-corrected chi connectivity index (χ3v) is 3.27. The van der Waals surface area contributed by atoms with Crippen LogP contribution < -0.4 is 11.2 Å². The first-order chi connectivity index (χ1) is 9.75. The van der Waals surface area contributed by atoms with Crippen molar-refractivity contribution >= 4 is 23.0 Å². The maximum absolute atomic E-state index is 5.44. The second kappa shape index (κ2) is 7.94. The van der Waals surface area contributed by atoms with Crippen molar-refractivity contribution in [1.29, 1.82) is 0 Å². The number of morpholine rings is 1. The molecule has 0 atom stereocenters. The predicted octanol–water partition coefficient (Wildman–Crippen LogP) is 0.946. The minimum absolute atomic E-state index is 0.185. The Bertz CT molecular complexity index is 458. The Morgan fingerprint density at radius 2 is 2.00 bits per heavy atom. The molecule has 1 saturated heterocycles. The summed E-state index contributed by atoms with van der Waals surface area (Å²) in [5, 5.41) is 4.51. The van der Waals surface area contributed by atoms with Gasteiger partial charge in [0.25, 0.3) is 0 Å². The molecule has 1 aromatic rings. The first-order valence-electron chi connectivity index (χ1n) is 6.73. The summed E-state index contributed by atoms with van der Waals surface area (Å²) >= 11 is 4.81. The van der Waals surface area contributed by atoms with E-state index in [2.05, 4.69) is 15.4 Å². The maximum atomic E-state index is 5.44. The van der Waals surface area contributed by atoms with Crippen molar-refractivity contribution in [2.24, 2.45) is 10.8 Å². The molecule has 1 heterocycles. The van der Waals surface area contributed by atoms with Crippen LogP contribution in [-0.2, 0) is 4.74 Å². The van der Waals surface area contributed by atoms with Gasteiger partial charge < -0.3 is 10.5 Å². The van der Waals surface area contributed by atoms with Gasteiger partial charge in [0.05, 0.1) is 18.9 Å². The monoisotopic (exact) mass is 292 g/mol. The molecule has 108 valence electrons. The Morgan fingerprint density at radius 1 is 1.30 bits per heavy atom. The molecule has 0 aliphatic carbocycles. The van der Waals surface area contributed by atoms with Crippen molar-refractivity contribution < 1.29 is 4.74 Å². The standard InChI is InChI=1S/C14H20N4OS/c15-14(20)17-16-13(12-4-2-1-3-5-12)6-7-18-8-10-19-11-9-18/h1-5H,6-11H2,(H3,15,17,20)/b16-13-. The summed E-state index contributed by atoms with van der Waals surface area (Å²) in [7, 11) is 0. The highest BCUT2D eigenvalue weighted by Crippen LogP contribution is 2.06. The normalized spacial score (nSPS) is 16.9. The van der Waals surface area contributed by atoms with Crippen LogP contribution in [0.15, 0.2) is 35.4 Å². The number of nitrogens with one attached hydrogen (secondary N) is 1. The largest absolute Gasteiger partial charge is 0.379 e. The highest BCUT2D eigenvalue weighted by molar-refractivity contribution is 7.80. The minimum Gasteiger partial charge on any atom is -0.379 e. The third kappa shape index (κ3) is 4.88. The summed E-state index contributed by atoms with van der Waals surface area (Å²) in [6, 6.07) is 10.1. The highest BCUT2D eigenvalue weighted by atomic mass is 32.1. The smallest absolute Gasteiger partial charge is 0.184 e. The number of ether oxygens (including phenoxy) is 1. The lowest BCUT2D eigenvalue weighted by Gasteiger charge is -2.26. The van der Waals surface area contributed by atoms with Crippen LogP contribution in [0.2, 0.25) is 0 Å². The van der Waals surface area contributed by atoms with Crippen molar-refractivity contribution in [3.05, 3.63) is 35.9 Å². The Hall–Kier alpha value is -1.50. The van der Waals surface area contributed by atoms with Gasteiger partial charge in [-0.05, 0) is 17.8 Å². The van der Waals surface area contributed by atoms with Crippen LogP contribution in [0.1, 0.15) is 12.0 Å². The van der Waals surface area contributed by atoms with Crippen molar-refractivity contribution in [2.75, 3.05) is 32.8 Å². The SMILES string of the molecule is NC(=S)N/N=C(/CCN1CCOCC1)c1ccccc1. The molecule has 0 bridgehead atoms. The summed E-state index contributed by atoms with van der Waals surface area (Å²) in [5.41, 5.74) is 10.2. The van der Waals surface area contributed by atoms with E-state index >= 15 is 0 Å². The van der Waals surface area contributed by atoms with Crippen LogP contribution in [0.3, 0.4) is 0 Å². The summed E-state index contributed by atoms with van der Waals surface area (Å²) < 4.78 is 5.35. The van der Waals surface area contributed by atoms with E-state index in [1.807, 2.05) is 30.3 Å². The molecule has 6 heteroatoms. The molecule has 1 aliphatic heterocycles. The summed E-state index contributed by atoms with van der Waals surface area (Å²) in [4.78, 5) is 2.38. The second-order valence-electron chi connectivity index (χ2n) is 4.60. The van der Waals surface area contributed by atoms with E-state index in [1.165, 1.54) is 0 Å². The minimum atomic E-state index is 0.185. The van der Waals surface area contributed by atoms with Crippen LogP contribution in [0.25, 0.3) is 0 Å². The molecule has 0 aromatic heterocycles. The number of nitrogens with two attached hydrogens (primary N) is 1. The predicted molar refractivity (Wildman–Crippen MR) is 84.8 cm³/mol. The third-order valence-electron chi connectivity index (χ3n) is 3.18. The van der Waals surface area contributed by atoms with Crippen LogP contribution in [0.4, 0.5) is 0 Å². The van der Waals surface area contributed by atoms with Gasteiger partial charge in [-0.3, -0.25) is 10.3 Å². The Balaban J connectivity index is 1.99. The molecular weight excluding hydrogens is 272 g/mol. The van der Waals surface area contributed by atoms with Crippen LogP contribution in [0.5, 0.6) is 0 Å². The zero-order chi connectivity index (χ0) is 14.2. The van der Waals surface area contributed by atoms with Crippen molar-refractivity contribution in [3.63, 3.8) is 0 Å². The maximum Gasteiger partial charge on any atom is 0.184 e. The molecule has 0 saturated carbocycles. The van der Waals surface area contributed by atoms with Gasteiger partial charge in [0, 0.05) is 26.1 Å². The molecule has 1 aliphatic rings.